The Morgan fingerprint density at radius 1 is 1.06 bits per heavy atom. The Labute approximate surface area is 188 Å². The number of aromatic nitrogens is 2. The number of nitrogens with zero attached hydrogens (tertiary/aromatic N) is 2. The molecule has 2 N–H and O–H groups in total. The predicted molar refractivity (Wildman–Crippen MR) is 118 cm³/mol. The van der Waals surface area contributed by atoms with E-state index in [1.165, 1.54) is 18.2 Å². The molecule has 0 bridgehead atoms. The van der Waals surface area contributed by atoms with Crippen LogP contribution in [0.1, 0.15) is 38.4 Å². The molecular formula is C25H22F3N3O2. The summed E-state index contributed by atoms with van der Waals surface area (Å²) in [5, 5.41) is 0. The number of halogens is 3. The standard InChI is InChI=1S/C25H22F3N3O2/c1-14-8-23(33-13-19-20(27)4-3-5-21(19)28)25-30-15(2)24(31(25)12-14)22(32)10-16-6-7-18(26)9-17(16)11-29/h3-9,12H,10-11,13,29H2,1-2H3. The van der Waals surface area contributed by atoms with Gasteiger partial charge in [-0.3, -0.25) is 9.20 Å². The summed E-state index contributed by atoms with van der Waals surface area (Å²) in [5.41, 5.74) is 8.66. The van der Waals surface area contributed by atoms with E-state index in [2.05, 4.69) is 4.98 Å². The molecule has 2 aromatic heterocycles. The monoisotopic (exact) mass is 453 g/mol. The van der Waals surface area contributed by atoms with Crippen molar-refractivity contribution in [2.24, 2.45) is 5.73 Å². The van der Waals surface area contributed by atoms with Crippen molar-refractivity contribution in [3.63, 3.8) is 0 Å². The van der Waals surface area contributed by atoms with E-state index in [4.69, 9.17) is 10.5 Å². The van der Waals surface area contributed by atoms with Gasteiger partial charge < -0.3 is 10.5 Å². The quantitative estimate of drug-likeness (QED) is 0.407. The van der Waals surface area contributed by atoms with E-state index < -0.39 is 17.5 Å². The van der Waals surface area contributed by atoms with Crippen molar-refractivity contribution in [1.29, 1.82) is 0 Å². The molecule has 0 amide bonds. The van der Waals surface area contributed by atoms with Gasteiger partial charge >= 0.3 is 0 Å². The number of ether oxygens (including phenoxy) is 1. The van der Waals surface area contributed by atoms with Gasteiger partial charge in [0.15, 0.2) is 17.2 Å². The topological polar surface area (TPSA) is 69.6 Å². The third-order valence-electron chi connectivity index (χ3n) is 5.43. The first-order chi connectivity index (χ1) is 15.8. The molecule has 2 aromatic carbocycles. The summed E-state index contributed by atoms with van der Waals surface area (Å²) in [7, 11) is 0. The SMILES string of the molecule is Cc1cc(OCc2c(F)cccc2F)c2nc(C)c(C(=O)Cc3ccc(F)cc3CN)n2c1. The maximum Gasteiger partial charge on any atom is 0.185 e. The summed E-state index contributed by atoms with van der Waals surface area (Å²) in [6.45, 7) is 3.29. The summed E-state index contributed by atoms with van der Waals surface area (Å²) in [6.07, 6.45) is 1.76. The molecule has 8 heteroatoms. The van der Waals surface area contributed by atoms with Gasteiger partial charge in [0.05, 0.1) is 11.3 Å². The molecule has 2 heterocycles. The minimum absolute atomic E-state index is 0.0199. The van der Waals surface area contributed by atoms with Crippen molar-refractivity contribution >= 4 is 11.4 Å². The summed E-state index contributed by atoms with van der Waals surface area (Å²) < 4.78 is 48.9. The molecule has 0 aliphatic heterocycles. The van der Waals surface area contributed by atoms with Crippen LogP contribution < -0.4 is 10.5 Å². The van der Waals surface area contributed by atoms with Crippen molar-refractivity contribution < 1.29 is 22.7 Å². The van der Waals surface area contributed by atoms with Crippen LogP contribution in [0.25, 0.3) is 5.65 Å². The van der Waals surface area contributed by atoms with E-state index in [1.54, 1.807) is 29.7 Å². The number of carbonyl (C=O) groups is 1. The van der Waals surface area contributed by atoms with Gasteiger partial charge in [0.1, 0.15) is 29.8 Å². The zero-order chi connectivity index (χ0) is 23.7. The Morgan fingerprint density at radius 2 is 1.79 bits per heavy atom. The van der Waals surface area contributed by atoms with E-state index in [1.807, 2.05) is 6.92 Å². The van der Waals surface area contributed by atoms with Crippen LogP contribution >= 0.6 is 0 Å². The van der Waals surface area contributed by atoms with Crippen LogP contribution in [0.5, 0.6) is 5.75 Å². The van der Waals surface area contributed by atoms with Gasteiger partial charge in [-0.2, -0.15) is 0 Å². The van der Waals surface area contributed by atoms with Gasteiger partial charge in [-0.1, -0.05) is 12.1 Å². The first-order valence-corrected chi connectivity index (χ1v) is 10.3. The highest BCUT2D eigenvalue weighted by atomic mass is 19.1. The summed E-state index contributed by atoms with van der Waals surface area (Å²) >= 11 is 0. The third-order valence-corrected chi connectivity index (χ3v) is 5.43. The maximum absolute atomic E-state index is 14.0. The van der Waals surface area contributed by atoms with Crippen LogP contribution in [0.3, 0.4) is 0 Å². The fourth-order valence-corrected chi connectivity index (χ4v) is 3.83. The predicted octanol–water partition coefficient (Wildman–Crippen LogP) is 4.83. The summed E-state index contributed by atoms with van der Waals surface area (Å²) in [5.74, 6) is -1.75. The zero-order valence-electron chi connectivity index (χ0n) is 18.2. The van der Waals surface area contributed by atoms with Crippen molar-refractivity contribution in [2.75, 3.05) is 0 Å². The molecule has 0 saturated heterocycles. The van der Waals surface area contributed by atoms with Crippen molar-refractivity contribution in [3.8, 4) is 5.75 Å². The molecular weight excluding hydrogens is 431 g/mol. The van der Waals surface area contributed by atoms with Crippen LogP contribution in [0, 0.1) is 31.3 Å². The Kier molecular flexibility index (Phi) is 6.20. The number of benzene rings is 2. The smallest absolute Gasteiger partial charge is 0.185 e. The zero-order valence-corrected chi connectivity index (χ0v) is 18.2. The number of Topliss-reactive ketones (excluding diaryl/α,β-unsaturated/α-hetero) is 1. The number of nitrogens with two attached hydrogens (primary N) is 1. The van der Waals surface area contributed by atoms with Crippen LogP contribution in [0.2, 0.25) is 0 Å². The lowest BCUT2D eigenvalue weighted by molar-refractivity contribution is 0.0986. The first-order valence-electron chi connectivity index (χ1n) is 10.3. The van der Waals surface area contributed by atoms with E-state index in [0.717, 1.165) is 17.7 Å². The molecule has 0 atom stereocenters. The van der Waals surface area contributed by atoms with Crippen LogP contribution in [-0.4, -0.2) is 15.2 Å². The molecule has 33 heavy (non-hydrogen) atoms. The van der Waals surface area contributed by atoms with Crippen molar-refractivity contribution in [3.05, 3.63) is 99.8 Å². The number of rotatable bonds is 7. The van der Waals surface area contributed by atoms with E-state index >= 15 is 0 Å². The second-order valence-corrected chi connectivity index (χ2v) is 7.83. The molecule has 5 nitrogen and oxygen atoms in total. The summed E-state index contributed by atoms with van der Waals surface area (Å²) in [4.78, 5) is 17.7. The number of hydrogen-bond donors (Lipinski definition) is 1. The fraction of sp³-hybridized carbons (Fsp3) is 0.200. The number of pyridine rings is 1. The molecule has 4 rings (SSSR count). The third kappa shape index (κ3) is 4.47. The average molecular weight is 453 g/mol. The van der Waals surface area contributed by atoms with Gasteiger partial charge in [-0.15, -0.1) is 0 Å². The van der Waals surface area contributed by atoms with Gasteiger partial charge in [0.2, 0.25) is 0 Å². The van der Waals surface area contributed by atoms with E-state index in [-0.39, 0.29) is 30.9 Å². The minimum Gasteiger partial charge on any atom is -0.485 e. The van der Waals surface area contributed by atoms with E-state index in [9.17, 15) is 18.0 Å². The number of carbonyl (C=O) groups excluding carboxylic acids is 1. The Bertz CT molecular complexity index is 1340. The molecule has 0 aliphatic rings. The fourth-order valence-electron chi connectivity index (χ4n) is 3.83. The van der Waals surface area contributed by atoms with Gasteiger partial charge in [0, 0.05) is 19.2 Å². The van der Waals surface area contributed by atoms with Gasteiger partial charge in [0.25, 0.3) is 0 Å². The molecule has 0 fully saturated rings. The van der Waals surface area contributed by atoms with Crippen molar-refractivity contribution in [2.45, 2.75) is 33.4 Å². The van der Waals surface area contributed by atoms with Crippen molar-refractivity contribution in [1.82, 2.24) is 9.38 Å². The molecule has 0 spiro atoms. The van der Waals surface area contributed by atoms with Crippen LogP contribution in [0.15, 0.2) is 48.7 Å². The summed E-state index contributed by atoms with van der Waals surface area (Å²) in [6, 6.07) is 9.47. The molecule has 0 aliphatic carbocycles. The highest BCUT2D eigenvalue weighted by molar-refractivity contribution is 5.98. The molecule has 170 valence electrons. The number of aryl methyl sites for hydroxylation is 2. The molecule has 0 radical (unpaired) electrons. The minimum atomic E-state index is -0.705. The second kappa shape index (κ2) is 9.07. The molecule has 4 aromatic rings. The lowest BCUT2D eigenvalue weighted by Crippen LogP contribution is -2.12. The Balaban J connectivity index is 1.69. The van der Waals surface area contributed by atoms with Gasteiger partial charge in [-0.25, -0.2) is 18.2 Å². The lowest BCUT2D eigenvalue weighted by atomic mass is 10.0. The number of imidazole rings is 1. The number of fused-ring (bicyclic) bond motifs is 1. The lowest BCUT2D eigenvalue weighted by Gasteiger charge is -2.11. The largest absolute Gasteiger partial charge is 0.485 e. The Morgan fingerprint density at radius 3 is 2.48 bits per heavy atom. The normalized spacial score (nSPS) is 11.2. The molecule has 0 unspecified atom stereocenters. The van der Waals surface area contributed by atoms with Gasteiger partial charge in [-0.05, 0) is 60.9 Å². The average Bonchev–Trinajstić information content (AvgIpc) is 3.10. The van der Waals surface area contributed by atoms with Crippen LogP contribution in [-0.2, 0) is 19.6 Å². The first kappa shape index (κ1) is 22.5. The number of ketones is 1. The number of hydrogen-bond acceptors (Lipinski definition) is 4. The maximum atomic E-state index is 14.0. The second-order valence-electron chi connectivity index (χ2n) is 7.83. The Hall–Kier alpha value is -3.65. The molecule has 0 saturated carbocycles. The highest BCUT2D eigenvalue weighted by Gasteiger charge is 2.21. The van der Waals surface area contributed by atoms with Crippen LogP contribution in [0.4, 0.5) is 13.2 Å². The highest BCUT2D eigenvalue weighted by Crippen LogP contribution is 2.27. The van der Waals surface area contributed by atoms with E-state index in [0.29, 0.717) is 33.9 Å².